The first-order valence-corrected chi connectivity index (χ1v) is 5.97. The van der Waals surface area contributed by atoms with Crippen LogP contribution in [0.15, 0.2) is 12.3 Å². The molecular formula is C12H17N3O2. The van der Waals surface area contributed by atoms with Gasteiger partial charge >= 0.3 is 0 Å². The van der Waals surface area contributed by atoms with Gasteiger partial charge < -0.3 is 4.90 Å². The van der Waals surface area contributed by atoms with Gasteiger partial charge in [0.2, 0.25) is 0 Å². The Kier molecular flexibility index (Phi) is 3.26. The van der Waals surface area contributed by atoms with Crippen molar-refractivity contribution >= 4 is 11.5 Å². The van der Waals surface area contributed by atoms with Crippen LogP contribution in [0.3, 0.4) is 0 Å². The van der Waals surface area contributed by atoms with E-state index in [9.17, 15) is 10.1 Å². The number of pyridine rings is 1. The summed E-state index contributed by atoms with van der Waals surface area (Å²) >= 11 is 0. The maximum atomic E-state index is 10.7. The van der Waals surface area contributed by atoms with Crippen LogP contribution in [0.4, 0.5) is 11.5 Å². The summed E-state index contributed by atoms with van der Waals surface area (Å²) < 4.78 is 0. The molecule has 0 spiro atoms. The predicted octanol–water partition coefficient (Wildman–Crippen LogP) is 2.68. The van der Waals surface area contributed by atoms with Crippen molar-refractivity contribution in [3.05, 3.63) is 27.9 Å². The molecule has 2 heterocycles. The minimum Gasteiger partial charge on any atom is -0.354 e. The number of piperidine rings is 1. The van der Waals surface area contributed by atoms with E-state index in [1.807, 2.05) is 6.92 Å². The first-order chi connectivity index (χ1) is 8.09. The molecule has 1 atom stereocenters. The molecule has 5 nitrogen and oxygen atoms in total. The van der Waals surface area contributed by atoms with Crippen LogP contribution in [0.1, 0.15) is 31.7 Å². The van der Waals surface area contributed by atoms with Gasteiger partial charge in [-0.3, -0.25) is 10.1 Å². The van der Waals surface area contributed by atoms with Crippen LogP contribution in [0.5, 0.6) is 0 Å². The van der Waals surface area contributed by atoms with Crippen molar-refractivity contribution in [2.45, 2.75) is 39.2 Å². The number of hydrogen-bond acceptors (Lipinski definition) is 4. The van der Waals surface area contributed by atoms with Crippen molar-refractivity contribution in [2.75, 3.05) is 11.4 Å². The van der Waals surface area contributed by atoms with E-state index in [0.29, 0.717) is 6.04 Å². The summed E-state index contributed by atoms with van der Waals surface area (Å²) in [7, 11) is 0. The smallest absolute Gasteiger partial charge is 0.287 e. The van der Waals surface area contributed by atoms with Crippen molar-refractivity contribution < 1.29 is 4.92 Å². The van der Waals surface area contributed by atoms with Crippen molar-refractivity contribution in [1.82, 2.24) is 4.98 Å². The predicted molar refractivity (Wildman–Crippen MR) is 66.3 cm³/mol. The second-order valence-electron chi connectivity index (χ2n) is 4.63. The van der Waals surface area contributed by atoms with Gasteiger partial charge in [0.05, 0.1) is 4.92 Å². The second kappa shape index (κ2) is 4.69. The van der Waals surface area contributed by atoms with E-state index in [-0.39, 0.29) is 5.69 Å². The summed E-state index contributed by atoms with van der Waals surface area (Å²) in [5, 5.41) is 10.7. The van der Waals surface area contributed by atoms with Crippen molar-refractivity contribution in [3.63, 3.8) is 0 Å². The zero-order chi connectivity index (χ0) is 12.4. The summed E-state index contributed by atoms with van der Waals surface area (Å²) in [5.41, 5.74) is 0.948. The lowest BCUT2D eigenvalue weighted by Gasteiger charge is -2.35. The molecule has 1 aromatic heterocycles. The van der Waals surface area contributed by atoms with Gasteiger partial charge in [-0.25, -0.2) is 4.98 Å². The average Bonchev–Trinajstić information content (AvgIpc) is 2.30. The molecule has 0 bridgehead atoms. The molecule has 1 aromatic rings. The molecule has 1 aliphatic rings. The number of nitrogens with zero attached hydrogens (tertiary/aromatic N) is 3. The molecule has 0 radical (unpaired) electrons. The molecule has 0 aromatic carbocycles. The van der Waals surface area contributed by atoms with Crippen LogP contribution in [0, 0.1) is 17.0 Å². The Labute approximate surface area is 101 Å². The first-order valence-electron chi connectivity index (χ1n) is 5.97. The highest BCUT2D eigenvalue weighted by Gasteiger charge is 2.22. The quantitative estimate of drug-likeness (QED) is 0.584. The summed E-state index contributed by atoms with van der Waals surface area (Å²) in [6, 6.07) is 2.07. The monoisotopic (exact) mass is 235 g/mol. The van der Waals surface area contributed by atoms with Gasteiger partial charge in [0.15, 0.2) is 0 Å². The van der Waals surface area contributed by atoms with E-state index in [1.54, 1.807) is 6.07 Å². The van der Waals surface area contributed by atoms with E-state index in [0.717, 1.165) is 24.3 Å². The Morgan fingerprint density at radius 1 is 1.53 bits per heavy atom. The van der Waals surface area contributed by atoms with Gasteiger partial charge in [-0.1, -0.05) is 0 Å². The molecule has 17 heavy (non-hydrogen) atoms. The molecule has 0 N–H and O–H groups in total. The maximum Gasteiger partial charge on any atom is 0.287 e. The molecule has 1 saturated heterocycles. The molecule has 5 heteroatoms. The fourth-order valence-electron chi connectivity index (χ4n) is 2.37. The van der Waals surface area contributed by atoms with Crippen LogP contribution in [-0.4, -0.2) is 22.5 Å². The van der Waals surface area contributed by atoms with E-state index in [2.05, 4.69) is 16.8 Å². The fraction of sp³-hybridized carbons (Fsp3) is 0.583. The highest BCUT2D eigenvalue weighted by atomic mass is 16.6. The van der Waals surface area contributed by atoms with Gasteiger partial charge in [-0.05, 0) is 38.7 Å². The van der Waals surface area contributed by atoms with Crippen LogP contribution in [0.2, 0.25) is 0 Å². The van der Waals surface area contributed by atoms with Gasteiger partial charge in [0.1, 0.15) is 12.0 Å². The third-order valence-electron chi connectivity index (χ3n) is 3.32. The lowest BCUT2D eigenvalue weighted by atomic mass is 10.0. The molecule has 1 aliphatic heterocycles. The minimum absolute atomic E-state index is 0.0657. The Morgan fingerprint density at radius 3 is 2.88 bits per heavy atom. The Hall–Kier alpha value is -1.65. The van der Waals surface area contributed by atoms with E-state index >= 15 is 0 Å². The molecular weight excluding hydrogens is 218 g/mol. The topological polar surface area (TPSA) is 59.3 Å². The highest BCUT2D eigenvalue weighted by molar-refractivity contribution is 5.51. The molecule has 92 valence electrons. The SMILES string of the molecule is Cc1cc([N+](=O)[O-])cnc1N1CCCC[C@H]1C. The van der Waals surface area contributed by atoms with Crippen LogP contribution in [-0.2, 0) is 0 Å². The molecule has 0 amide bonds. The van der Waals surface area contributed by atoms with Gasteiger partial charge in [0.25, 0.3) is 5.69 Å². The number of hydrogen-bond donors (Lipinski definition) is 0. The highest BCUT2D eigenvalue weighted by Crippen LogP contribution is 2.27. The Balaban J connectivity index is 2.29. The summed E-state index contributed by atoms with van der Waals surface area (Å²) in [6.07, 6.45) is 4.94. The van der Waals surface area contributed by atoms with Crippen molar-refractivity contribution in [2.24, 2.45) is 0 Å². The average molecular weight is 235 g/mol. The minimum atomic E-state index is -0.399. The molecule has 0 aliphatic carbocycles. The van der Waals surface area contributed by atoms with Gasteiger partial charge in [-0.2, -0.15) is 0 Å². The van der Waals surface area contributed by atoms with E-state index < -0.39 is 4.92 Å². The first kappa shape index (κ1) is 11.8. The second-order valence-corrected chi connectivity index (χ2v) is 4.63. The van der Waals surface area contributed by atoms with Crippen LogP contribution in [0.25, 0.3) is 0 Å². The van der Waals surface area contributed by atoms with Crippen molar-refractivity contribution in [3.8, 4) is 0 Å². The van der Waals surface area contributed by atoms with Crippen LogP contribution < -0.4 is 4.90 Å². The number of rotatable bonds is 2. The third-order valence-corrected chi connectivity index (χ3v) is 3.32. The number of aryl methyl sites for hydroxylation is 1. The lowest BCUT2D eigenvalue weighted by Crippen LogP contribution is -2.38. The standard InChI is InChI=1S/C12H17N3O2/c1-9-7-11(15(16)17)8-13-12(9)14-6-4-3-5-10(14)2/h7-8,10H,3-6H2,1-2H3/t10-/m1/s1. The molecule has 0 unspecified atom stereocenters. The number of anilines is 1. The fourth-order valence-corrected chi connectivity index (χ4v) is 2.37. The normalized spacial score (nSPS) is 20.4. The van der Waals surface area contributed by atoms with Crippen LogP contribution >= 0.6 is 0 Å². The maximum absolute atomic E-state index is 10.7. The van der Waals surface area contributed by atoms with Gasteiger partial charge in [-0.15, -0.1) is 0 Å². The summed E-state index contributed by atoms with van der Waals surface area (Å²) in [5.74, 6) is 0.891. The lowest BCUT2D eigenvalue weighted by molar-refractivity contribution is -0.385. The molecule has 1 fully saturated rings. The van der Waals surface area contributed by atoms with E-state index in [4.69, 9.17) is 0 Å². The number of nitro groups is 1. The molecule has 0 saturated carbocycles. The molecule has 2 rings (SSSR count). The Bertz CT molecular complexity index is 434. The summed E-state index contributed by atoms with van der Waals surface area (Å²) in [4.78, 5) is 16.8. The van der Waals surface area contributed by atoms with Gasteiger partial charge in [0, 0.05) is 18.7 Å². The number of aromatic nitrogens is 1. The zero-order valence-corrected chi connectivity index (χ0v) is 10.2. The largest absolute Gasteiger partial charge is 0.354 e. The van der Waals surface area contributed by atoms with E-state index in [1.165, 1.54) is 19.0 Å². The van der Waals surface area contributed by atoms with Crippen molar-refractivity contribution in [1.29, 1.82) is 0 Å². The summed E-state index contributed by atoms with van der Waals surface area (Å²) in [6.45, 7) is 5.06. The Morgan fingerprint density at radius 2 is 2.29 bits per heavy atom. The third kappa shape index (κ3) is 2.38. The zero-order valence-electron chi connectivity index (χ0n) is 10.2.